The largest absolute Gasteiger partial charge is 0.383 e. The summed E-state index contributed by atoms with van der Waals surface area (Å²) in [5.74, 6) is -1.08. The Balaban J connectivity index is 1.86. The number of hydrogen-bond acceptors (Lipinski definition) is 4. The second-order valence-electron chi connectivity index (χ2n) is 6.60. The fourth-order valence-electron chi connectivity index (χ4n) is 3.17. The van der Waals surface area contributed by atoms with Crippen molar-refractivity contribution in [1.82, 2.24) is 15.1 Å². The van der Waals surface area contributed by atoms with E-state index < -0.39 is 11.7 Å². The van der Waals surface area contributed by atoms with E-state index in [1.54, 1.807) is 13.2 Å². The molecule has 1 aliphatic heterocycles. The second-order valence-corrected chi connectivity index (χ2v) is 6.60. The summed E-state index contributed by atoms with van der Waals surface area (Å²) in [6.45, 7) is 3.14. The van der Waals surface area contributed by atoms with Crippen molar-refractivity contribution in [2.24, 2.45) is 0 Å². The summed E-state index contributed by atoms with van der Waals surface area (Å²) in [6.07, 6.45) is 2.07. The van der Waals surface area contributed by atoms with Crippen LogP contribution < -0.4 is 5.32 Å². The fourth-order valence-corrected chi connectivity index (χ4v) is 3.17. The molecule has 0 aliphatic carbocycles. The number of carbonyl (C=O) groups is 2. The van der Waals surface area contributed by atoms with Crippen LogP contribution in [0.25, 0.3) is 0 Å². The van der Waals surface area contributed by atoms with Gasteiger partial charge in [0.1, 0.15) is 5.82 Å². The van der Waals surface area contributed by atoms with E-state index in [4.69, 9.17) is 4.74 Å². The Morgan fingerprint density at radius 1 is 1.31 bits per heavy atom. The molecule has 1 N–H and O–H groups in total. The molecule has 0 atom stereocenters. The van der Waals surface area contributed by atoms with E-state index in [1.165, 1.54) is 18.2 Å². The number of halogens is 1. The van der Waals surface area contributed by atoms with E-state index in [1.807, 2.05) is 4.90 Å². The molecule has 144 valence electrons. The number of rotatable bonds is 8. The normalized spacial score (nSPS) is 15.7. The Labute approximate surface area is 154 Å². The molecule has 0 aromatic heterocycles. The quantitative estimate of drug-likeness (QED) is 0.759. The third kappa shape index (κ3) is 5.78. The summed E-state index contributed by atoms with van der Waals surface area (Å²) < 4.78 is 18.7. The molecule has 1 aromatic carbocycles. The topological polar surface area (TPSA) is 61.9 Å². The summed E-state index contributed by atoms with van der Waals surface area (Å²) in [7, 11) is 3.70. The molecule has 0 unspecified atom stereocenters. The van der Waals surface area contributed by atoms with Crippen molar-refractivity contribution in [2.75, 3.05) is 46.9 Å². The van der Waals surface area contributed by atoms with Gasteiger partial charge < -0.3 is 19.9 Å². The first kappa shape index (κ1) is 20.3. The van der Waals surface area contributed by atoms with E-state index in [2.05, 4.69) is 17.3 Å². The van der Waals surface area contributed by atoms with Crippen molar-refractivity contribution in [1.29, 1.82) is 0 Å². The van der Waals surface area contributed by atoms with E-state index in [-0.39, 0.29) is 30.5 Å². The number of nitrogens with zero attached hydrogens (tertiary/aromatic N) is 2. The highest BCUT2D eigenvalue weighted by molar-refractivity contribution is 5.94. The molecule has 1 heterocycles. The predicted octanol–water partition coefficient (Wildman–Crippen LogP) is 1.51. The van der Waals surface area contributed by atoms with Crippen LogP contribution in [0.4, 0.5) is 4.39 Å². The van der Waals surface area contributed by atoms with Gasteiger partial charge in [-0.15, -0.1) is 0 Å². The van der Waals surface area contributed by atoms with Crippen molar-refractivity contribution in [2.45, 2.75) is 25.3 Å². The predicted molar refractivity (Wildman–Crippen MR) is 97.5 cm³/mol. The maximum atomic E-state index is 13.6. The lowest BCUT2D eigenvalue weighted by Gasteiger charge is -2.37. The number of ether oxygens (including phenoxy) is 1. The van der Waals surface area contributed by atoms with Crippen LogP contribution in [0, 0.1) is 5.82 Å². The zero-order valence-corrected chi connectivity index (χ0v) is 15.5. The number of piperidine rings is 1. The molecule has 1 aromatic rings. The Hall–Kier alpha value is -1.99. The lowest BCUT2D eigenvalue weighted by atomic mass is 10.0. The first-order valence-corrected chi connectivity index (χ1v) is 9.02. The molecule has 6 nitrogen and oxygen atoms in total. The van der Waals surface area contributed by atoms with Crippen molar-refractivity contribution in [3.8, 4) is 0 Å². The molecule has 1 aliphatic rings. The molecule has 2 rings (SSSR count). The van der Waals surface area contributed by atoms with Crippen LogP contribution in [-0.2, 0) is 9.53 Å². The summed E-state index contributed by atoms with van der Waals surface area (Å²) in [5, 5.41) is 2.63. The molecule has 0 spiro atoms. The molecule has 26 heavy (non-hydrogen) atoms. The maximum Gasteiger partial charge on any atom is 0.254 e. The second kappa shape index (κ2) is 10.2. The van der Waals surface area contributed by atoms with Crippen molar-refractivity contribution >= 4 is 11.8 Å². The van der Waals surface area contributed by atoms with Crippen LogP contribution in [0.3, 0.4) is 0 Å². The molecule has 1 saturated heterocycles. The SMILES string of the molecule is COCCN(C(=O)CCNC(=O)c1ccccc1F)C1CCN(C)CC1. The number of methoxy groups -OCH3 is 1. The van der Waals surface area contributed by atoms with Gasteiger partial charge in [0, 0.05) is 32.7 Å². The van der Waals surface area contributed by atoms with E-state index in [0.717, 1.165) is 25.9 Å². The van der Waals surface area contributed by atoms with Gasteiger partial charge in [0.25, 0.3) is 5.91 Å². The Bertz CT molecular complexity index is 603. The standard InChI is InChI=1S/C19H28FN3O3/c1-22-11-8-15(9-12-22)23(13-14-26-2)18(24)7-10-21-19(25)16-5-3-4-6-17(16)20/h3-6,15H,7-14H2,1-2H3,(H,21,25). The molecule has 2 amide bonds. The number of hydrogen-bond donors (Lipinski definition) is 1. The smallest absolute Gasteiger partial charge is 0.254 e. The number of benzene rings is 1. The fraction of sp³-hybridized carbons (Fsp3) is 0.579. The van der Waals surface area contributed by atoms with Crippen LogP contribution in [0.15, 0.2) is 24.3 Å². The minimum Gasteiger partial charge on any atom is -0.383 e. The van der Waals surface area contributed by atoms with E-state index in [0.29, 0.717) is 13.2 Å². The number of amides is 2. The van der Waals surface area contributed by atoms with Crippen LogP contribution in [0.5, 0.6) is 0 Å². The van der Waals surface area contributed by atoms with Gasteiger partial charge in [-0.25, -0.2) is 4.39 Å². The molecular formula is C19H28FN3O3. The highest BCUT2D eigenvalue weighted by atomic mass is 19.1. The minimum absolute atomic E-state index is 0.00787. The summed E-state index contributed by atoms with van der Waals surface area (Å²) in [5.41, 5.74) is -0.00787. The number of carbonyl (C=O) groups excluding carboxylic acids is 2. The molecule has 0 saturated carbocycles. The van der Waals surface area contributed by atoms with Gasteiger partial charge >= 0.3 is 0 Å². The van der Waals surface area contributed by atoms with Crippen LogP contribution >= 0.6 is 0 Å². The number of likely N-dealkylation sites (tertiary alicyclic amines) is 1. The average molecular weight is 365 g/mol. The van der Waals surface area contributed by atoms with E-state index in [9.17, 15) is 14.0 Å². The first-order chi connectivity index (χ1) is 12.5. The first-order valence-electron chi connectivity index (χ1n) is 9.02. The summed E-state index contributed by atoms with van der Waals surface area (Å²) in [6, 6.07) is 6.01. The van der Waals surface area contributed by atoms with Crippen molar-refractivity contribution in [3.63, 3.8) is 0 Å². The van der Waals surface area contributed by atoms with Crippen molar-refractivity contribution < 1.29 is 18.7 Å². The summed E-state index contributed by atoms with van der Waals surface area (Å²) >= 11 is 0. The zero-order chi connectivity index (χ0) is 18.9. The zero-order valence-electron chi connectivity index (χ0n) is 15.5. The Morgan fingerprint density at radius 3 is 2.65 bits per heavy atom. The van der Waals surface area contributed by atoms with Crippen LogP contribution in [0.2, 0.25) is 0 Å². The van der Waals surface area contributed by atoms with Gasteiger partial charge in [-0.2, -0.15) is 0 Å². The number of nitrogens with one attached hydrogen (secondary N) is 1. The lowest BCUT2D eigenvalue weighted by Crippen LogP contribution is -2.48. The van der Waals surface area contributed by atoms with Crippen LogP contribution in [0.1, 0.15) is 29.6 Å². The van der Waals surface area contributed by atoms with Crippen molar-refractivity contribution in [3.05, 3.63) is 35.6 Å². The molecular weight excluding hydrogens is 337 g/mol. The highest BCUT2D eigenvalue weighted by Gasteiger charge is 2.26. The summed E-state index contributed by atoms with van der Waals surface area (Å²) in [4.78, 5) is 28.8. The Kier molecular flexibility index (Phi) is 8.00. The molecule has 0 radical (unpaired) electrons. The van der Waals surface area contributed by atoms with Gasteiger partial charge in [-0.05, 0) is 45.1 Å². The van der Waals surface area contributed by atoms with Gasteiger partial charge in [0.05, 0.1) is 12.2 Å². The molecule has 0 bridgehead atoms. The molecule has 1 fully saturated rings. The Morgan fingerprint density at radius 2 is 2.00 bits per heavy atom. The average Bonchev–Trinajstić information content (AvgIpc) is 2.63. The third-order valence-corrected chi connectivity index (χ3v) is 4.73. The van der Waals surface area contributed by atoms with Crippen LogP contribution in [-0.4, -0.2) is 74.6 Å². The van der Waals surface area contributed by atoms with Gasteiger partial charge in [0.2, 0.25) is 5.91 Å². The van der Waals surface area contributed by atoms with Gasteiger partial charge in [0.15, 0.2) is 0 Å². The van der Waals surface area contributed by atoms with Gasteiger partial charge in [-0.3, -0.25) is 9.59 Å². The minimum atomic E-state index is -0.565. The monoisotopic (exact) mass is 365 g/mol. The third-order valence-electron chi connectivity index (χ3n) is 4.73. The maximum absolute atomic E-state index is 13.6. The van der Waals surface area contributed by atoms with Gasteiger partial charge in [-0.1, -0.05) is 12.1 Å². The highest BCUT2D eigenvalue weighted by Crippen LogP contribution is 2.16. The lowest BCUT2D eigenvalue weighted by molar-refractivity contribution is -0.135. The molecule has 7 heteroatoms. The van der Waals surface area contributed by atoms with E-state index >= 15 is 0 Å².